The molecule has 2 aromatic carbocycles. The third-order valence-corrected chi connectivity index (χ3v) is 4.51. The summed E-state index contributed by atoms with van der Waals surface area (Å²) in [5, 5.41) is 9.90. The van der Waals surface area contributed by atoms with E-state index in [0.717, 1.165) is 22.5 Å². The standard InChI is InChI=1S/C20H18N2O2/c23-20(24)19-18-11-6-12-22(18)17-10-5-4-9-16(17)14-21(19)13-15-7-2-1-3-8-15/h1-12,19H,13-14H2,(H,23,24)/t19-/m0/s1. The molecule has 24 heavy (non-hydrogen) atoms. The van der Waals surface area contributed by atoms with E-state index >= 15 is 0 Å². The average molecular weight is 318 g/mol. The van der Waals surface area contributed by atoms with Crippen molar-refractivity contribution in [1.82, 2.24) is 9.47 Å². The van der Waals surface area contributed by atoms with E-state index < -0.39 is 12.0 Å². The highest BCUT2D eigenvalue weighted by Gasteiger charge is 2.33. The molecule has 0 spiro atoms. The number of aliphatic carboxylic acids is 1. The van der Waals surface area contributed by atoms with Crippen molar-refractivity contribution in [1.29, 1.82) is 0 Å². The van der Waals surface area contributed by atoms with Crippen LogP contribution in [-0.4, -0.2) is 20.5 Å². The maximum atomic E-state index is 12.1. The van der Waals surface area contributed by atoms with Gasteiger partial charge in [-0.1, -0.05) is 48.5 Å². The number of carboxylic acid groups (broad SMARTS) is 1. The molecule has 1 N–H and O–H groups in total. The minimum Gasteiger partial charge on any atom is -0.480 e. The highest BCUT2D eigenvalue weighted by molar-refractivity contribution is 5.76. The molecule has 0 amide bonds. The number of aromatic nitrogens is 1. The Bertz CT molecular complexity index is 870. The summed E-state index contributed by atoms with van der Waals surface area (Å²) >= 11 is 0. The van der Waals surface area contributed by atoms with Crippen LogP contribution in [0.3, 0.4) is 0 Å². The predicted octanol–water partition coefficient (Wildman–Crippen LogP) is 3.62. The van der Waals surface area contributed by atoms with Crippen molar-refractivity contribution < 1.29 is 9.90 Å². The number of rotatable bonds is 3. The van der Waals surface area contributed by atoms with E-state index in [1.165, 1.54) is 0 Å². The molecular formula is C20H18N2O2. The first-order valence-electron chi connectivity index (χ1n) is 8.00. The maximum absolute atomic E-state index is 12.1. The van der Waals surface area contributed by atoms with Crippen molar-refractivity contribution in [3.05, 3.63) is 89.7 Å². The molecule has 0 saturated carbocycles. The van der Waals surface area contributed by atoms with E-state index in [9.17, 15) is 9.90 Å². The first kappa shape index (κ1) is 14.7. The zero-order valence-electron chi connectivity index (χ0n) is 13.2. The van der Waals surface area contributed by atoms with Gasteiger partial charge in [-0.05, 0) is 29.3 Å². The molecule has 1 aromatic heterocycles. The normalized spacial score (nSPS) is 16.9. The van der Waals surface area contributed by atoms with Crippen molar-refractivity contribution in [3.8, 4) is 5.69 Å². The summed E-state index contributed by atoms with van der Waals surface area (Å²) in [4.78, 5) is 14.1. The minimum absolute atomic E-state index is 0.595. The topological polar surface area (TPSA) is 45.5 Å². The van der Waals surface area contributed by atoms with Gasteiger partial charge in [0.1, 0.15) is 6.04 Å². The van der Waals surface area contributed by atoms with E-state index in [1.54, 1.807) is 0 Å². The van der Waals surface area contributed by atoms with Gasteiger partial charge in [0.2, 0.25) is 0 Å². The number of carboxylic acids is 1. The highest BCUT2D eigenvalue weighted by Crippen LogP contribution is 2.33. The van der Waals surface area contributed by atoms with Crippen LogP contribution in [0.1, 0.15) is 22.9 Å². The number of carbonyl (C=O) groups is 1. The Morgan fingerprint density at radius 1 is 1.00 bits per heavy atom. The van der Waals surface area contributed by atoms with Gasteiger partial charge in [-0.25, -0.2) is 0 Å². The molecule has 0 radical (unpaired) electrons. The van der Waals surface area contributed by atoms with E-state index in [2.05, 4.69) is 6.07 Å². The fourth-order valence-corrected chi connectivity index (χ4v) is 3.46. The lowest BCUT2D eigenvalue weighted by molar-refractivity contribution is -0.144. The molecule has 3 aromatic rings. The molecule has 2 heterocycles. The molecule has 4 nitrogen and oxygen atoms in total. The van der Waals surface area contributed by atoms with Gasteiger partial charge in [-0.2, -0.15) is 0 Å². The number of hydrogen-bond donors (Lipinski definition) is 1. The number of fused-ring (bicyclic) bond motifs is 3. The summed E-state index contributed by atoms with van der Waals surface area (Å²) < 4.78 is 2.00. The Labute approximate surface area is 140 Å². The van der Waals surface area contributed by atoms with Crippen LogP contribution in [0.2, 0.25) is 0 Å². The number of benzene rings is 2. The van der Waals surface area contributed by atoms with Crippen LogP contribution in [0.5, 0.6) is 0 Å². The highest BCUT2D eigenvalue weighted by atomic mass is 16.4. The van der Waals surface area contributed by atoms with Gasteiger partial charge >= 0.3 is 5.97 Å². The second-order valence-corrected chi connectivity index (χ2v) is 6.06. The smallest absolute Gasteiger partial charge is 0.327 e. The summed E-state index contributed by atoms with van der Waals surface area (Å²) in [6.45, 7) is 1.20. The molecule has 1 atom stereocenters. The second kappa shape index (κ2) is 5.98. The minimum atomic E-state index is -0.821. The lowest BCUT2D eigenvalue weighted by Crippen LogP contribution is -2.33. The van der Waals surface area contributed by atoms with Crippen LogP contribution in [0.25, 0.3) is 5.69 Å². The monoisotopic (exact) mass is 318 g/mol. The molecule has 0 bridgehead atoms. The molecule has 0 aliphatic carbocycles. The van der Waals surface area contributed by atoms with E-state index in [4.69, 9.17) is 0 Å². The van der Waals surface area contributed by atoms with Gasteiger partial charge in [-0.15, -0.1) is 0 Å². The average Bonchev–Trinajstić information content (AvgIpc) is 3.00. The molecular weight excluding hydrogens is 300 g/mol. The van der Waals surface area contributed by atoms with E-state index in [0.29, 0.717) is 13.1 Å². The van der Waals surface area contributed by atoms with Crippen molar-refractivity contribution in [2.24, 2.45) is 0 Å². The van der Waals surface area contributed by atoms with Crippen molar-refractivity contribution in [2.75, 3.05) is 0 Å². The van der Waals surface area contributed by atoms with Gasteiger partial charge in [0.05, 0.1) is 5.69 Å². The fraction of sp³-hybridized carbons (Fsp3) is 0.150. The van der Waals surface area contributed by atoms with Crippen LogP contribution in [0.15, 0.2) is 72.9 Å². The number of para-hydroxylation sites is 1. The quantitative estimate of drug-likeness (QED) is 0.802. The van der Waals surface area contributed by atoms with E-state index in [-0.39, 0.29) is 0 Å². The third kappa shape index (κ3) is 2.51. The van der Waals surface area contributed by atoms with Gasteiger partial charge in [0.25, 0.3) is 0 Å². The SMILES string of the molecule is O=C(O)[C@@H]1c2cccn2-c2ccccc2CN1Cc1ccccc1. The van der Waals surface area contributed by atoms with Gasteiger partial charge in [0, 0.05) is 25.0 Å². The Balaban J connectivity index is 1.83. The zero-order valence-corrected chi connectivity index (χ0v) is 13.2. The molecule has 0 saturated heterocycles. The fourth-order valence-electron chi connectivity index (χ4n) is 3.46. The van der Waals surface area contributed by atoms with Crippen LogP contribution < -0.4 is 0 Å². The Morgan fingerprint density at radius 2 is 1.75 bits per heavy atom. The Morgan fingerprint density at radius 3 is 2.54 bits per heavy atom. The van der Waals surface area contributed by atoms with Crippen LogP contribution >= 0.6 is 0 Å². The summed E-state index contributed by atoms with van der Waals surface area (Å²) in [5.41, 5.74) is 4.10. The molecule has 4 rings (SSSR count). The van der Waals surface area contributed by atoms with Crippen LogP contribution in [0.4, 0.5) is 0 Å². The summed E-state index contributed by atoms with van der Waals surface area (Å²) in [6.07, 6.45) is 1.94. The lowest BCUT2D eigenvalue weighted by atomic mass is 10.1. The molecule has 1 aliphatic heterocycles. The first-order valence-corrected chi connectivity index (χ1v) is 8.00. The van der Waals surface area contributed by atoms with Gasteiger partial charge < -0.3 is 9.67 Å². The van der Waals surface area contributed by atoms with Crippen molar-refractivity contribution in [2.45, 2.75) is 19.1 Å². The zero-order chi connectivity index (χ0) is 16.5. The Hall–Kier alpha value is -2.85. The predicted molar refractivity (Wildman–Crippen MR) is 91.8 cm³/mol. The summed E-state index contributed by atoms with van der Waals surface area (Å²) in [5.74, 6) is -0.821. The van der Waals surface area contributed by atoms with Crippen molar-refractivity contribution >= 4 is 5.97 Å². The number of nitrogens with zero attached hydrogens (tertiary/aromatic N) is 2. The number of hydrogen-bond acceptors (Lipinski definition) is 2. The third-order valence-electron chi connectivity index (χ3n) is 4.51. The first-order chi connectivity index (χ1) is 11.7. The summed E-state index contributed by atoms with van der Waals surface area (Å²) in [6, 6.07) is 21.3. The van der Waals surface area contributed by atoms with Crippen LogP contribution in [0, 0.1) is 0 Å². The second-order valence-electron chi connectivity index (χ2n) is 6.06. The lowest BCUT2D eigenvalue weighted by Gasteiger charge is -2.27. The van der Waals surface area contributed by atoms with Crippen LogP contribution in [-0.2, 0) is 17.9 Å². The molecule has 4 heteroatoms. The molecule has 0 fully saturated rings. The summed E-state index contributed by atoms with van der Waals surface area (Å²) in [7, 11) is 0. The molecule has 0 unspecified atom stereocenters. The van der Waals surface area contributed by atoms with E-state index in [1.807, 2.05) is 76.3 Å². The van der Waals surface area contributed by atoms with Crippen molar-refractivity contribution in [3.63, 3.8) is 0 Å². The Kier molecular flexibility index (Phi) is 3.67. The molecule has 120 valence electrons. The molecule has 1 aliphatic rings. The maximum Gasteiger partial charge on any atom is 0.327 e. The van der Waals surface area contributed by atoms with Gasteiger partial charge in [0.15, 0.2) is 0 Å². The van der Waals surface area contributed by atoms with Gasteiger partial charge in [-0.3, -0.25) is 9.69 Å². The largest absolute Gasteiger partial charge is 0.480 e.